The minimum absolute atomic E-state index is 0.554. The van der Waals surface area contributed by atoms with E-state index in [1.165, 1.54) is 32.2 Å². The Labute approximate surface area is 101 Å². The van der Waals surface area contributed by atoms with Gasteiger partial charge in [0.1, 0.15) is 0 Å². The van der Waals surface area contributed by atoms with E-state index in [9.17, 15) is 0 Å². The first-order valence-electron chi connectivity index (χ1n) is 6.91. The van der Waals surface area contributed by atoms with Crippen molar-refractivity contribution < 1.29 is 4.74 Å². The van der Waals surface area contributed by atoms with Gasteiger partial charge in [-0.15, -0.1) is 0 Å². The summed E-state index contributed by atoms with van der Waals surface area (Å²) in [7, 11) is 0. The molecule has 2 nitrogen and oxygen atoms in total. The first kappa shape index (κ1) is 14.0. The van der Waals surface area contributed by atoms with Gasteiger partial charge in [-0.25, -0.2) is 0 Å². The third-order valence-electron chi connectivity index (χ3n) is 4.19. The monoisotopic (exact) mass is 227 g/mol. The molecule has 1 aliphatic rings. The fraction of sp³-hybridized carbons (Fsp3) is 1.00. The number of ether oxygens (including phenoxy) is 1. The Morgan fingerprint density at radius 2 is 1.94 bits per heavy atom. The van der Waals surface area contributed by atoms with Crippen LogP contribution in [0.25, 0.3) is 0 Å². The molecule has 1 rings (SSSR count). The average Bonchev–Trinajstić information content (AvgIpc) is 2.20. The van der Waals surface area contributed by atoms with Crippen LogP contribution in [-0.4, -0.2) is 25.8 Å². The Balaban J connectivity index is 2.24. The second kappa shape index (κ2) is 6.61. The molecule has 0 amide bonds. The summed E-state index contributed by atoms with van der Waals surface area (Å²) in [6.07, 6.45) is 5.41. The molecule has 1 fully saturated rings. The zero-order chi connectivity index (χ0) is 12.0. The molecule has 1 aliphatic carbocycles. The molecule has 1 unspecified atom stereocenters. The van der Waals surface area contributed by atoms with E-state index in [4.69, 9.17) is 4.74 Å². The van der Waals surface area contributed by atoms with Crippen LogP contribution in [-0.2, 0) is 4.74 Å². The van der Waals surface area contributed by atoms with Crippen LogP contribution in [0.15, 0.2) is 0 Å². The first-order chi connectivity index (χ1) is 7.59. The van der Waals surface area contributed by atoms with E-state index in [2.05, 4.69) is 33.0 Å². The van der Waals surface area contributed by atoms with Gasteiger partial charge in [-0.3, -0.25) is 0 Å². The van der Waals surface area contributed by atoms with Crippen LogP contribution >= 0.6 is 0 Å². The van der Waals surface area contributed by atoms with Gasteiger partial charge in [0.2, 0.25) is 0 Å². The maximum absolute atomic E-state index is 5.49. The highest BCUT2D eigenvalue weighted by Crippen LogP contribution is 2.43. The van der Waals surface area contributed by atoms with E-state index in [1.807, 2.05) is 0 Å². The molecule has 0 spiro atoms. The molecule has 0 saturated heterocycles. The Morgan fingerprint density at radius 1 is 1.25 bits per heavy atom. The smallest absolute Gasteiger partial charge is 0.0471 e. The second-order valence-electron chi connectivity index (χ2n) is 5.71. The number of hydrogen-bond acceptors (Lipinski definition) is 2. The van der Waals surface area contributed by atoms with E-state index in [0.717, 1.165) is 19.1 Å². The van der Waals surface area contributed by atoms with Gasteiger partial charge in [0, 0.05) is 25.8 Å². The third-order valence-corrected chi connectivity index (χ3v) is 4.19. The van der Waals surface area contributed by atoms with Crippen LogP contribution in [0.1, 0.15) is 53.4 Å². The van der Waals surface area contributed by atoms with Gasteiger partial charge in [0.05, 0.1) is 0 Å². The largest absolute Gasteiger partial charge is 0.382 e. The fourth-order valence-corrected chi connectivity index (χ4v) is 2.24. The van der Waals surface area contributed by atoms with Crippen molar-refractivity contribution >= 4 is 0 Å². The predicted octanol–water partition coefficient (Wildman–Crippen LogP) is 3.22. The molecular formula is C14H29NO. The molecule has 96 valence electrons. The summed E-state index contributed by atoms with van der Waals surface area (Å²) in [5, 5.41) is 3.70. The lowest BCUT2D eigenvalue weighted by atomic mass is 9.66. The highest BCUT2D eigenvalue weighted by Gasteiger charge is 2.36. The topological polar surface area (TPSA) is 21.3 Å². The van der Waals surface area contributed by atoms with E-state index < -0.39 is 0 Å². The van der Waals surface area contributed by atoms with Crippen molar-refractivity contribution in [2.24, 2.45) is 11.3 Å². The minimum atomic E-state index is 0.554. The summed E-state index contributed by atoms with van der Waals surface area (Å²) in [5.74, 6) is 0.726. The highest BCUT2D eigenvalue weighted by molar-refractivity contribution is 4.90. The van der Waals surface area contributed by atoms with Gasteiger partial charge in [0.25, 0.3) is 0 Å². The van der Waals surface area contributed by atoms with Gasteiger partial charge >= 0.3 is 0 Å². The zero-order valence-electron chi connectivity index (χ0n) is 11.5. The Morgan fingerprint density at radius 3 is 2.38 bits per heavy atom. The highest BCUT2D eigenvalue weighted by atomic mass is 16.5. The van der Waals surface area contributed by atoms with Crippen LogP contribution in [0, 0.1) is 11.3 Å². The number of nitrogens with one attached hydrogen (secondary N) is 1. The third kappa shape index (κ3) is 4.06. The van der Waals surface area contributed by atoms with Crippen molar-refractivity contribution in [3.63, 3.8) is 0 Å². The molecule has 0 heterocycles. The molecule has 2 heteroatoms. The van der Waals surface area contributed by atoms with E-state index in [0.29, 0.717) is 11.5 Å². The van der Waals surface area contributed by atoms with Crippen molar-refractivity contribution in [2.45, 2.75) is 59.4 Å². The van der Waals surface area contributed by atoms with Crippen molar-refractivity contribution in [3.8, 4) is 0 Å². The van der Waals surface area contributed by atoms with Crippen molar-refractivity contribution in [3.05, 3.63) is 0 Å². The minimum Gasteiger partial charge on any atom is -0.382 e. The van der Waals surface area contributed by atoms with Crippen LogP contribution < -0.4 is 5.32 Å². The van der Waals surface area contributed by atoms with Crippen LogP contribution in [0.4, 0.5) is 0 Å². The van der Waals surface area contributed by atoms with E-state index >= 15 is 0 Å². The molecule has 0 aromatic rings. The maximum atomic E-state index is 5.49. The lowest BCUT2D eigenvalue weighted by Gasteiger charge is -2.43. The van der Waals surface area contributed by atoms with Gasteiger partial charge in [-0.05, 0) is 44.4 Å². The summed E-state index contributed by atoms with van der Waals surface area (Å²) in [6, 6.07) is 0.629. The summed E-state index contributed by atoms with van der Waals surface area (Å²) >= 11 is 0. The molecule has 0 bridgehead atoms. The predicted molar refractivity (Wildman–Crippen MR) is 69.7 cm³/mol. The molecule has 1 saturated carbocycles. The number of rotatable bonds is 8. The SMILES string of the molecule is CCOCCC1(CNC(C)C(C)C)CCC1. The molecule has 0 aromatic heterocycles. The van der Waals surface area contributed by atoms with Gasteiger partial charge < -0.3 is 10.1 Å². The molecule has 1 N–H and O–H groups in total. The van der Waals surface area contributed by atoms with Crippen molar-refractivity contribution in [1.82, 2.24) is 5.32 Å². The van der Waals surface area contributed by atoms with Crippen LogP contribution in [0.5, 0.6) is 0 Å². The van der Waals surface area contributed by atoms with Gasteiger partial charge in [0.15, 0.2) is 0 Å². The average molecular weight is 227 g/mol. The lowest BCUT2D eigenvalue weighted by molar-refractivity contribution is 0.0511. The Kier molecular flexibility index (Phi) is 5.77. The summed E-state index contributed by atoms with van der Waals surface area (Å²) in [4.78, 5) is 0. The first-order valence-corrected chi connectivity index (χ1v) is 6.91. The number of hydrogen-bond donors (Lipinski definition) is 1. The maximum Gasteiger partial charge on any atom is 0.0471 e. The molecular weight excluding hydrogens is 198 g/mol. The zero-order valence-corrected chi connectivity index (χ0v) is 11.5. The molecule has 1 atom stereocenters. The Bertz CT molecular complexity index is 187. The van der Waals surface area contributed by atoms with Gasteiger partial charge in [-0.2, -0.15) is 0 Å². The van der Waals surface area contributed by atoms with Crippen LogP contribution in [0.2, 0.25) is 0 Å². The van der Waals surface area contributed by atoms with E-state index in [1.54, 1.807) is 0 Å². The quantitative estimate of drug-likeness (QED) is 0.643. The van der Waals surface area contributed by atoms with Crippen molar-refractivity contribution in [1.29, 1.82) is 0 Å². The normalized spacial score (nSPS) is 20.8. The summed E-state index contributed by atoms with van der Waals surface area (Å²) < 4.78 is 5.49. The molecule has 0 aromatic carbocycles. The Hall–Kier alpha value is -0.0800. The molecule has 16 heavy (non-hydrogen) atoms. The molecule has 0 radical (unpaired) electrons. The molecule has 0 aliphatic heterocycles. The summed E-state index contributed by atoms with van der Waals surface area (Å²) in [6.45, 7) is 11.9. The summed E-state index contributed by atoms with van der Waals surface area (Å²) in [5.41, 5.74) is 0.554. The standard InChI is InChI=1S/C14H29NO/c1-5-16-10-9-14(7-6-8-14)11-15-13(4)12(2)3/h12-13,15H,5-11H2,1-4H3. The fourth-order valence-electron chi connectivity index (χ4n) is 2.24. The van der Waals surface area contributed by atoms with E-state index in [-0.39, 0.29) is 0 Å². The second-order valence-corrected chi connectivity index (χ2v) is 5.71. The van der Waals surface area contributed by atoms with Crippen LogP contribution in [0.3, 0.4) is 0 Å². The van der Waals surface area contributed by atoms with Crippen molar-refractivity contribution in [2.75, 3.05) is 19.8 Å². The van der Waals surface area contributed by atoms with Gasteiger partial charge in [-0.1, -0.05) is 20.3 Å². The lowest BCUT2D eigenvalue weighted by Crippen LogP contribution is -2.44.